The summed E-state index contributed by atoms with van der Waals surface area (Å²) in [5.74, 6) is 0. The zero-order valence-corrected chi connectivity index (χ0v) is 11.0. The SMILES string of the molecule is OC1CCC(N2CNc3cc(C(F)(F)F)ccc32)CC1. The van der Waals surface area contributed by atoms with Crippen molar-refractivity contribution in [3.05, 3.63) is 23.8 Å². The number of anilines is 2. The number of nitrogens with one attached hydrogen (secondary N) is 1. The molecule has 1 heterocycles. The summed E-state index contributed by atoms with van der Waals surface area (Å²) < 4.78 is 38.0. The number of hydrogen-bond acceptors (Lipinski definition) is 3. The zero-order chi connectivity index (χ0) is 14.3. The van der Waals surface area contributed by atoms with Crippen molar-refractivity contribution in [1.82, 2.24) is 0 Å². The number of aliphatic hydroxyl groups excluding tert-OH is 1. The number of halogens is 3. The fourth-order valence-corrected chi connectivity index (χ4v) is 3.06. The van der Waals surface area contributed by atoms with Crippen molar-refractivity contribution >= 4 is 11.4 Å². The van der Waals surface area contributed by atoms with E-state index in [1.54, 1.807) is 6.07 Å². The Morgan fingerprint density at radius 2 is 1.85 bits per heavy atom. The van der Waals surface area contributed by atoms with Crippen LogP contribution in [0.4, 0.5) is 24.5 Å². The predicted octanol–water partition coefficient (Wildman–Crippen LogP) is 3.20. The van der Waals surface area contributed by atoms with Crippen LogP contribution in [-0.4, -0.2) is 23.9 Å². The molecule has 0 amide bonds. The molecule has 3 rings (SSSR count). The van der Waals surface area contributed by atoms with Gasteiger partial charge in [0.25, 0.3) is 0 Å². The molecule has 0 atom stereocenters. The largest absolute Gasteiger partial charge is 0.416 e. The average molecular weight is 286 g/mol. The molecule has 110 valence electrons. The van der Waals surface area contributed by atoms with Crippen LogP contribution >= 0.6 is 0 Å². The Bertz CT molecular complexity index is 496. The van der Waals surface area contributed by atoms with Gasteiger partial charge in [-0.1, -0.05) is 0 Å². The third-order valence-corrected chi connectivity index (χ3v) is 4.18. The van der Waals surface area contributed by atoms with Crippen molar-refractivity contribution < 1.29 is 18.3 Å². The van der Waals surface area contributed by atoms with Gasteiger partial charge in [0.05, 0.1) is 29.7 Å². The molecule has 0 spiro atoms. The standard InChI is InChI=1S/C14H17F3N2O/c15-14(16,17)9-1-6-13-12(7-9)18-8-19(13)10-2-4-11(20)5-3-10/h1,6-7,10-11,18,20H,2-5,8H2. The van der Waals surface area contributed by atoms with Crippen LogP contribution in [0.3, 0.4) is 0 Å². The maximum absolute atomic E-state index is 12.7. The van der Waals surface area contributed by atoms with Crippen LogP contribution in [0.25, 0.3) is 0 Å². The van der Waals surface area contributed by atoms with Gasteiger partial charge in [0.15, 0.2) is 0 Å². The number of rotatable bonds is 1. The van der Waals surface area contributed by atoms with Crippen LogP contribution in [0.1, 0.15) is 31.2 Å². The van der Waals surface area contributed by atoms with Crippen LogP contribution in [0.5, 0.6) is 0 Å². The van der Waals surface area contributed by atoms with Crippen molar-refractivity contribution in [3.63, 3.8) is 0 Å². The molecule has 0 bridgehead atoms. The average Bonchev–Trinajstić information content (AvgIpc) is 2.81. The highest BCUT2D eigenvalue weighted by Gasteiger charge is 2.34. The summed E-state index contributed by atoms with van der Waals surface area (Å²) in [5.41, 5.74) is 0.759. The molecule has 0 unspecified atom stereocenters. The highest BCUT2D eigenvalue weighted by Crippen LogP contribution is 2.40. The van der Waals surface area contributed by atoms with Gasteiger partial charge in [-0.05, 0) is 43.9 Å². The van der Waals surface area contributed by atoms with E-state index in [1.807, 2.05) is 0 Å². The number of aliphatic hydroxyl groups is 1. The van der Waals surface area contributed by atoms with Crippen molar-refractivity contribution in [3.8, 4) is 0 Å². The first-order valence-electron chi connectivity index (χ1n) is 6.85. The van der Waals surface area contributed by atoms with Gasteiger partial charge >= 0.3 is 6.18 Å². The van der Waals surface area contributed by atoms with E-state index in [-0.39, 0.29) is 6.10 Å². The maximum atomic E-state index is 12.7. The summed E-state index contributed by atoms with van der Waals surface area (Å²) in [5, 5.41) is 12.6. The maximum Gasteiger partial charge on any atom is 0.416 e. The lowest BCUT2D eigenvalue weighted by molar-refractivity contribution is -0.137. The van der Waals surface area contributed by atoms with Crippen molar-refractivity contribution in [1.29, 1.82) is 0 Å². The van der Waals surface area contributed by atoms with Crippen molar-refractivity contribution in [2.24, 2.45) is 0 Å². The molecule has 1 aromatic rings. The second-order valence-corrected chi connectivity index (χ2v) is 5.50. The van der Waals surface area contributed by atoms with E-state index in [0.29, 0.717) is 18.4 Å². The smallest absolute Gasteiger partial charge is 0.393 e. The van der Waals surface area contributed by atoms with E-state index < -0.39 is 11.7 Å². The first-order valence-corrected chi connectivity index (χ1v) is 6.85. The van der Waals surface area contributed by atoms with Crippen LogP contribution in [0, 0.1) is 0 Å². The molecule has 2 aliphatic rings. The lowest BCUT2D eigenvalue weighted by Crippen LogP contribution is -2.38. The molecule has 2 N–H and O–H groups in total. The molecule has 0 aromatic heterocycles. The van der Waals surface area contributed by atoms with Crippen molar-refractivity contribution in [2.45, 2.75) is 44.0 Å². The number of alkyl halides is 3. The summed E-state index contributed by atoms with van der Waals surface area (Å²) in [4.78, 5) is 2.11. The highest BCUT2D eigenvalue weighted by molar-refractivity contribution is 5.76. The third-order valence-electron chi connectivity index (χ3n) is 4.18. The summed E-state index contributed by atoms with van der Waals surface area (Å²) >= 11 is 0. The van der Waals surface area contributed by atoms with Gasteiger partial charge in [-0.3, -0.25) is 0 Å². The van der Waals surface area contributed by atoms with Gasteiger partial charge in [0, 0.05) is 6.04 Å². The Morgan fingerprint density at radius 3 is 2.50 bits per heavy atom. The number of benzene rings is 1. The Morgan fingerprint density at radius 1 is 1.15 bits per heavy atom. The van der Waals surface area contributed by atoms with Crippen LogP contribution in [0.2, 0.25) is 0 Å². The van der Waals surface area contributed by atoms with Crippen LogP contribution < -0.4 is 10.2 Å². The molecule has 3 nitrogen and oxygen atoms in total. The second-order valence-electron chi connectivity index (χ2n) is 5.50. The van der Waals surface area contributed by atoms with Gasteiger partial charge < -0.3 is 15.3 Å². The van der Waals surface area contributed by atoms with Gasteiger partial charge in [-0.2, -0.15) is 13.2 Å². The summed E-state index contributed by atoms with van der Waals surface area (Å²) in [6, 6.07) is 4.15. The summed E-state index contributed by atoms with van der Waals surface area (Å²) in [6.45, 7) is 0.539. The fourth-order valence-electron chi connectivity index (χ4n) is 3.06. The molecule has 0 saturated heterocycles. The van der Waals surface area contributed by atoms with E-state index in [0.717, 1.165) is 37.4 Å². The van der Waals surface area contributed by atoms with E-state index in [1.165, 1.54) is 6.07 Å². The van der Waals surface area contributed by atoms with Crippen LogP contribution in [0.15, 0.2) is 18.2 Å². The van der Waals surface area contributed by atoms with E-state index in [2.05, 4.69) is 10.2 Å². The van der Waals surface area contributed by atoms with E-state index >= 15 is 0 Å². The molecular formula is C14H17F3N2O. The predicted molar refractivity (Wildman–Crippen MR) is 70.7 cm³/mol. The van der Waals surface area contributed by atoms with E-state index in [9.17, 15) is 18.3 Å². The minimum atomic E-state index is -4.31. The molecule has 6 heteroatoms. The Labute approximate surface area is 115 Å². The summed E-state index contributed by atoms with van der Waals surface area (Å²) in [6.07, 6.45) is -1.26. The first kappa shape index (κ1) is 13.5. The summed E-state index contributed by atoms with van der Waals surface area (Å²) in [7, 11) is 0. The number of nitrogens with zero attached hydrogens (tertiary/aromatic N) is 1. The molecular weight excluding hydrogens is 269 g/mol. The topological polar surface area (TPSA) is 35.5 Å². The lowest BCUT2D eigenvalue weighted by atomic mass is 9.92. The molecule has 1 saturated carbocycles. The molecule has 1 fully saturated rings. The van der Waals surface area contributed by atoms with Gasteiger partial charge in [0.1, 0.15) is 0 Å². The molecule has 1 aromatic carbocycles. The zero-order valence-electron chi connectivity index (χ0n) is 11.0. The molecule has 1 aliphatic heterocycles. The number of hydrogen-bond donors (Lipinski definition) is 2. The van der Waals surface area contributed by atoms with Gasteiger partial charge in [-0.15, -0.1) is 0 Å². The lowest BCUT2D eigenvalue weighted by Gasteiger charge is -2.34. The Balaban J connectivity index is 1.81. The highest BCUT2D eigenvalue weighted by atomic mass is 19.4. The Hall–Kier alpha value is -1.43. The second kappa shape index (κ2) is 4.84. The minimum absolute atomic E-state index is 0.228. The third kappa shape index (κ3) is 2.44. The molecule has 20 heavy (non-hydrogen) atoms. The quantitative estimate of drug-likeness (QED) is 0.832. The normalized spacial score (nSPS) is 26.3. The van der Waals surface area contributed by atoms with Crippen molar-refractivity contribution in [2.75, 3.05) is 16.9 Å². The van der Waals surface area contributed by atoms with Gasteiger partial charge in [-0.25, -0.2) is 0 Å². The van der Waals surface area contributed by atoms with Gasteiger partial charge in [0.2, 0.25) is 0 Å². The van der Waals surface area contributed by atoms with E-state index in [4.69, 9.17) is 0 Å². The Kier molecular flexibility index (Phi) is 3.28. The van der Waals surface area contributed by atoms with Crippen LogP contribution in [-0.2, 0) is 6.18 Å². The molecule has 0 radical (unpaired) electrons. The first-order chi connectivity index (χ1) is 9.45. The molecule has 1 aliphatic carbocycles. The minimum Gasteiger partial charge on any atom is -0.393 e. The number of fused-ring (bicyclic) bond motifs is 1. The monoisotopic (exact) mass is 286 g/mol. The fraction of sp³-hybridized carbons (Fsp3) is 0.571.